The molecular formula is C12H24N2O. The molecule has 2 atom stereocenters. The smallest absolute Gasteiger partial charge is 0.226 e. The van der Waals surface area contributed by atoms with Crippen LogP contribution in [0.15, 0.2) is 0 Å². The molecular weight excluding hydrogens is 188 g/mol. The standard InChI is InChI=1S/C12H24N2O/c1-9(13)8-14(4)11(15)10-6-5-7-12(10,2)3/h9-10H,5-8,13H2,1-4H3. The van der Waals surface area contributed by atoms with Crippen LogP contribution < -0.4 is 5.73 Å². The molecule has 15 heavy (non-hydrogen) atoms. The second-order valence-electron chi connectivity index (χ2n) is 5.63. The van der Waals surface area contributed by atoms with Gasteiger partial charge in [-0.15, -0.1) is 0 Å². The summed E-state index contributed by atoms with van der Waals surface area (Å²) in [4.78, 5) is 14.0. The summed E-state index contributed by atoms with van der Waals surface area (Å²) in [6, 6.07) is 0.0588. The summed E-state index contributed by atoms with van der Waals surface area (Å²) in [7, 11) is 1.86. The number of nitrogens with two attached hydrogens (primary N) is 1. The first kappa shape index (κ1) is 12.5. The summed E-state index contributed by atoms with van der Waals surface area (Å²) < 4.78 is 0. The maximum atomic E-state index is 12.2. The molecule has 3 heteroatoms. The van der Waals surface area contributed by atoms with Crippen LogP contribution in [0.2, 0.25) is 0 Å². The zero-order chi connectivity index (χ0) is 11.6. The van der Waals surface area contributed by atoms with Crippen molar-refractivity contribution in [2.75, 3.05) is 13.6 Å². The number of rotatable bonds is 3. The van der Waals surface area contributed by atoms with Crippen LogP contribution in [-0.2, 0) is 4.79 Å². The van der Waals surface area contributed by atoms with E-state index >= 15 is 0 Å². The molecule has 1 fully saturated rings. The van der Waals surface area contributed by atoms with Gasteiger partial charge >= 0.3 is 0 Å². The van der Waals surface area contributed by atoms with Gasteiger partial charge in [-0.05, 0) is 25.2 Å². The lowest BCUT2D eigenvalue weighted by Gasteiger charge is -2.30. The van der Waals surface area contributed by atoms with Gasteiger partial charge in [-0.1, -0.05) is 20.3 Å². The fraction of sp³-hybridized carbons (Fsp3) is 0.917. The van der Waals surface area contributed by atoms with Crippen LogP contribution in [0.5, 0.6) is 0 Å². The van der Waals surface area contributed by atoms with Gasteiger partial charge in [0, 0.05) is 25.6 Å². The molecule has 0 spiro atoms. The summed E-state index contributed by atoms with van der Waals surface area (Å²) in [6.07, 6.45) is 3.37. The molecule has 0 bridgehead atoms. The Hall–Kier alpha value is -0.570. The van der Waals surface area contributed by atoms with E-state index in [1.165, 1.54) is 6.42 Å². The minimum absolute atomic E-state index is 0.0588. The number of hydrogen-bond acceptors (Lipinski definition) is 2. The van der Waals surface area contributed by atoms with Crippen molar-refractivity contribution in [3.8, 4) is 0 Å². The van der Waals surface area contributed by atoms with E-state index in [-0.39, 0.29) is 23.3 Å². The predicted octanol–water partition coefficient (Wildman–Crippen LogP) is 1.62. The zero-order valence-corrected chi connectivity index (χ0v) is 10.4. The number of carbonyl (C=O) groups excluding carboxylic acids is 1. The molecule has 0 saturated heterocycles. The van der Waals surface area contributed by atoms with Crippen molar-refractivity contribution < 1.29 is 4.79 Å². The Labute approximate surface area is 93.0 Å². The normalized spacial score (nSPS) is 26.3. The lowest BCUT2D eigenvalue weighted by Crippen LogP contribution is -2.42. The summed E-state index contributed by atoms with van der Waals surface area (Å²) in [5.74, 6) is 0.469. The van der Waals surface area contributed by atoms with Gasteiger partial charge in [0.2, 0.25) is 5.91 Å². The Bertz CT molecular complexity index is 236. The van der Waals surface area contributed by atoms with Gasteiger partial charge in [0.25, 0.3) is 0 Å². The van der Waals surface area contributed by atoms with E-state index in [4.69, 9.17) is 5.73 Å². The third kappa shape index (κ3) is 2.94. The molecule has 88 valence electrons. The van der Waals surface area contributed by atoms with E-state index in [2.05, 4.69) is 13.8 Å². The van der Waals surface area contributed by atoms with E-state index in [1.54, 1.807) is 4.90 Å². The number of likely N-dealkylation sites (N-methyl/N-ethyl adjacent to an activating group) is 1. The SMILES string of the molecule is CC(N)CN(C)C(=O)C1CCCC1(C)C. The average molecular weight is 212 g/mol. The molecule has 2 unspecified atom stereocenters. The Balaban J connectivity index is 2.60. The van der Waals surface area contributed by atoms with Gasteiger partial charge in [-0.3, -0.25) is 4.79 Å². The molecule has 0 aliphatic heterocycles. The molecule has 0 aromatic rings. The van der Waals surface area contributed by atoms with E-state index < -0.39 is 0 Å². The lowest BCUT2D eigenvalue weighted by atomic mass is 9.81. The fourth-order valence-corrected chi connectivity index (χ4v) is 2.57. The predicted molar refractivity (Wildman–Crippen MR) is 62.4 cm³/mol. The number of amides is 1. The molecule has 0 aromatic carbocycles. The monoisotopic (exact) mass is 212 g/mol. The first-order chi connectivity index (χ1) is 6.84. The molecule has 1 saturated carbocycles. The summed E-state index contributed by atoms with van der Waals surface area (Å²) in [5.41, 5.74) is 5.87. The van der Waals surface area contributed by atoms with E-state index in [0.717, 1.165) is 12.8 Å². The van der Waals surface area contributed by atoms with Crippen molar-refractivity contribution >= 4 is 5.91 Å². The van der Waals surface area contributed by atoms with Crippen LogP contribution in [0.3, 0.4) is 0 Å². The highest BCUT2D eigenvalue weighted by Gasteiger charge is 2.40. The number of carbonyl (C=O) groups is 1. The minimum Gasteiger partial charge on any atom is -0.344 e. The molecule has 2 N–H and O–H groups in total. The van der Waals surface area contributed by atoms with E-state index in [0.29, 0.717) is 6.54 Å². The first-order valence-corrected chi connectivity index (χ1v) is 5.85. The molecule has 1 rings (SSSR count). The molecule has 1 aliphatic rings. The van der Waals surface area contributed by atoms with Crippen LogP contribution in [-0.4, -0.2) is 30.4 Å². The Morgan fingerprint density at radius 1 is 1.60 bits per heavy atom. The Morgan fingerprint density at radius 2 is 2.20 bits per heavy atom. The van der Waals surface area contributed by atoms with E-state index in [1.807, 2.05) is 14.0 Å². The fourth-order valence-electron chi connectivity index (χ4n) is 2.57. The van der Waals surface area contributed by atoms with Gasteiger partial charge in [0.1, 0.15) is 0 Å². The van der Waals surface area contributed by atoms with Crippen LogP contribution in [0, 0.1) is 11.3 Å². The summed E-state index contributed by atoms with van der Waals surface area (Å²) in [5, 5.41) is 0. The second-order valence-corrected chi connectivity index (χ2v) is 5.63. The van der Waals surface area contributed by atoms with Crippen molar-refractivity contribution in [3.05, 3.63) is 0 Å². The lowest BCUT2D eigenvalue weighted by molar-refractivity contribution is -0.137. The highest BCUT2D eigenvalue weighted by atomic mass is 16.2. The van der Waals surface area contributed by atoms with Gasteiger partial charge in [0.15, 0.2) is 0 Å². The molecule has 3 nitrogen and oxygen atoms in total. The molecule has 1 aliphatic carbocycles. The van der Waals surface area contributed by atoms with Crippen molar-refractivity contribution in [1.29, 1.82) is 0 Å². The quantitative estimate of drug-likeness (QED) is 0.772. The van der Waals surface area contributed by atoms with Gasteiger partial charge < -0.3 is 10.6 Å². The third-order valence-corrected chi connectivity index (χ3v) is 3.49. The zero-order valence-electron chi connectivity index (χ0n) is 10.4. The van der Waals surface area contributed by atoms with Gasteiger partial charge in [-0.25, -0.2) is 0 Å². The molecule has 1 amide bonds. The molecule has 0 heterocycles. The summed E-state index contributed by atoms with van der Waals surface area (Å²) >= 11 is 0. The largest absolute Gasteiger partial charge is 0.344 e. The highest BCUT2D eigenvalue weighted by molar-refractivity contribution is 5.79. The summed E-state index contributed by atoms with van der Waals surface area (Å²) in [6.45, 7) is 6.99. The minimum atomic E-state index is 0.0588. The number of nitrogens with zero attached hydrogens (tertiary/aromatic N) is 1. The first-order valence-electron chi connectivity index (χ1n) is 5.85. The highest BCUT2D eigenvalue weighted by Crippen LogP contribution is 2.43. The number of hydrogen-bond donors (Lipinski definition) is 1. The average Bonchev–Trinajstić information content (AvgIpc) is 2.42. The maximum Gasteiger partial charge on any atom is 0.226 e. The Morgan fingerprint density at radius 3 is 2.60 bits per heavy atom. The van der Waals surface area contributed by atoms with Gasteiger partial charge in [-0.2, -0.15) is 0 Å². The molecule has 0 aromatic heterocycles. The second kappa shape index (κ2) is 4.52. The van der Waals surface area contributed by atoms with Crippen LogP contribution in [0.25, 0.3) is 0 Å². The van der Waals surface area contributed by atoms with Gasteiger partial charge in [0.05, 0.1) is 0 Å². The third-order valence-electron chi connectivity index (χ3n) is 3.49. The molecule has 0 radical (unpaired) electrons. The van der Waals surface area contributed by atoms with Crippen LogP contribution in [0.1, 0.15) is 40.0 Å². The van der Waals surface area contributed by atoms with Crippen LogP contribution in [0.4, 0.5) is 0 Å². The van der Waals surface area contributed by atoms with Crippen molar-refractivity contribution in [2.45, 2.75) is 46.1 Å². The van der Waals surface area contributed by atoms with Crippen molar-refractivity contribution in [1.82, 2.24) is 4.90 Å². The maximum absolute atomic E-state index is 12.2. The topological polar surface area (TPSA) is 46.3 Å². The van der Waals surface area contributed by atoms with E-state index in [9.17, 15) is 4.79 Å². The van der Waals surface area contributed by atoms with Crippen molar-refractivity contribution in [2.24, 2.45) is 17.1 Å². The van der Waals surface area contributed by atoms with Crippen LogP contribution >= 0.6 is 0 Å². The Kier molecular flexibility index (Phi) is 3.77. The van der Waals surface area contributed by atoms with Crippen molar-refractivity contribution in [3.63, 3.8) is 0 Å².